The highest BCUT2D eigenvalue weighted by atomic mass is 16.5. The summed E-state index contributed by atoms with van der Waals surface area (Å²) >= 11 is 0. The van der Waals surface area contributed by atoms with Crippen molar-refractivity contribution in [3.8, 4) is 0 Å². The molecule has 0 saturated heterocycles. The number of rotatable bonds is 4. The van der Waals surface area contributed by atoms with Gasteiger partial charge in [-0.1, -0.05) is 13.3 Å². The molecular formula is C16H24N2O2. The Hall–Kier alpha value is -1.29. The number of aromatic nitrogens is 2. The summed E-state index contributed by atoms with van der Waals surface area (Å²) in [6.07, 6.45) is 5.95. The molecule has 1 aromatic rings. The van der Waals surface area contributed by atoms with Crippen molar-refractivity contribution in [3.63, 3.8) is 0 Å². The minimum atomic E-state index is -0.369. The van der Waals surface area contributed by atoms with Gasteiger partial charge in [-0.15, -0.1) is 0 Å². The van der Waals surface area contributed by atoms with Gasteiger partial charge in [-0.25, -0.2) is 9.97 Å². The molecule has 0 radical (unpaired) electrons. The Morgan fingerprint density at radius 1 is 1.55 bits per heavy atom. The van der Waals surface area contributed by atoms with Crippen LogP contribution in [0.15, 0.2) is 6.20 Å². The lowest BCUT2D eigenvalue weighted by atomic mass is 9.78. The van der Waals surface area contributed by atoms with Crippen LogP contribution in [0.1, 0.15) is 68.3 Å². The minimum absolute atomic E-state index is 0.0107. The van der Waals surface area contributed by atoms with E-state index < -0.39 is 0 Å². The molecule has 1 aromatic heterocycles. The molecule has 0 aliphatic heterocycles. The molecule has 0 spiro atoms. The quantitative estimate of drug-likeness (QED) is 0.791. The molecule has 4 heteroatoms. The molecule has 4 nitrogen and oxygen atoms in total. The molecular weight excluding hydrogens is 252 g/mol. The van der Waals surface area contributed by atoms with E-state index in [1.54, 1.807) is 13.1 Å². The Kier molecular flexibility index (Phi) is 4.53. The van der Waals surface area contributed by atoms with E-state index in [1.807, 2.05) is 13.8 Å². The Balaban J connectivity index is 2.39. The Morgan fingerprint density at radius 2 is 2.30 bits per heavy atom. The fourth-order valence-corrected chi connectivity index (χ4v) is 3.21. The molecule has 0 aromatic carbocycles. The Labute approximate surface area is 121 Å². The van der Waals surface area contributed by atoms with E-state index in [0.717, 1.165) is 30.8 Å². The van der Waals surface area contributed by atoms with Crippen molar-refractivity contribution in [2.24, 2.45) is 5.92 Å². The topological polar surface area (TPSA) is 52.1 Å². The highest BCUT2D eigenvalue weighted by Crippen LogP contribution is 2.41. The molecule has 0 N–H and O–H groups in total. The van der Waals surface area contributed by atoms with Crippen LogP contribution >= 0.6 is 0 Å². The molecule has 2 unspecified atom stereocenters. The third-order valence-electron chi connectivity index (χ3n) is 4.14. The summed E-state index contributed by atoms with van der Waals surface area (Å²) in [4.78, 5) is 20.5. The smallest absolute Gasteiger partial charge is 0.163 e. The lowest BCUT2D eigenvalue weighted by Crippen LogP contribution is -2.37. The number of carbonyl (C=O) groups excluding carboxylic acids is 1. The number of hydrogen-bond donors (Lipinski definition) is 0. The molecule has 2 atom stereocenters. The van der Waals surface area contributed by atoms with Crippen molar-refractivity contribution in [1.29, 1.82) is 0 Å². The monoisotopic (exact) mass is 276 g/mol. The first-order valence-corrected chi connectivity index (χ1v) is 7.47. The van der Waals surface area contributed by atoms with Crippen molar-refractivity contribution in [2.75, 3.05) is 6.61 Å². The molecule has 20 heavy (non-hydrogen) atoms. The summed E-state index contributed by atoms with van der Waals surface area (Å²) in [5, 5.41) is 0. The predicted octanol–water partition coefficient (Wildman–Crippen LogP) is 3.43. The molecule has 1 aliphatic rings. The summed E-state index contributed by atoms with van der Waals surface area (Å²) in [5.41, 5.74) is 0.982. The molecule has 1 aliphatic carbocycles. The Morgan fingerprint density at radius 3 is 2.85 bits per heavy atom. The first-order valence-electron chi connectivity index (χ1n) is 7.47. The lowest BCUT2D eigenvalue weighted by Gasteiger charge is -2.38. The van der Waals surface area contributed by atoms with Gasteiger partial charge < -0.3 is 4.74 Å². The Bertz CT molecular complexity index is 497. The minimum Gasteiger partial charge on any atom is -0.367 e. The first kappa shape index (κ1) is 15.1. The van der Waals surface area contributed by atoms with E-state index in [-0.39, 0.29) is 11.4 Å². The fraction of sp³-hybridized carbons (Fsp3) is 0.688. The van der Waals surface area contributed by atoms with Crippen LogP contribution in [0.25, 0.3) is 0 Å². The van der Waals surface area contributed by atoms with Gasteiger partial charge in [-0.05, 0) is 46.0 Å². The summed E-state index contributed by atoms with van der Waals surface area (Å²) in [6, 6.07) is 0. The summed E-state index contributed by atoms with van der Waals surface area (Å²) < 4.78 is 6.07. The second kappa shape index (κ2) is 6.00. The average molecular weight is 276 g/mol. The molecule has 1 heterocycles. The van der Waals surface area contributed by atoms with E-state index in [1.165, 1.54) is 6.42 Å². The van der Waals surface area contributed by atoms with Crippen molar-refractivity contribution >= 4 is 5.78 Å². The zero-order chi connectivity index (χ0) is 14.8. The SMILES string of the molecule is CCOC1(c2ncc(C(C)=O)c(C)n2)CCCC(C)C1. The summed E-state index contributed by atoms with van der Waals surface area (Å²) in [5.74, 6) is 1.37. The molecule has 2 rings (SSSR count). The first-order chi connectivity index (χ1) is 9.48. The van der Waals surface area contributed by atoms with Gasteiger partial charge in [-0.2, -0.15) is 0 Å². The van der Waals surface area contributed by atoms with Crippen molar-refractivity contribution in [3.05, 3.63) is 23.3 Å². The van der Waals surface area contributed by atoms with Crippen LogP contribution in [0.4, 0.5) is 0 Å². The lowest BCUT2D eigenvalue weighted by molar-refractivity contribution is -0.0882. The number of ether oxygens (including phenoxy) is 1. The van der Waals surface area contributed by atoms with Crippen LogP contribution in [0.5, 0.6) is 0 Å². The number of hydrogen-bond acceptors (Lipinski definition) is 4. The maximum absolute atomic E-state index is 11.5. The maximum atomic E-state index is 11.5. The van der Waals surface area contributed by atoms with Gasteiger partial charge in [0.2, 0.25) is 0 Å². The van der Waals surface area contributed by atoms with Gasteiger partial charge >= 0.3 is 0 Å². The van der Waals surface area contributed by atoms with E-state index >= 15 is 0 Å². The van der Waals surface area contributed by atoms with Gasteiger partial charge in [0.05, 0.1) is 11.3 Å². The number of nitrogens with zero attached hydrogens (tertiary/aromatic N) is 2. The zero-order valence-electron chi connectivity index (χ0n) is 12.9. The second-order valence-corrected chi connectivity index (χ2v) is 5.88. The van der Waals surface area contributed by atoms with Crippen molar-refractivity contribution in [1.82, 2.24) is 9.97 Å². The number of Topliss-reactive ketones (excluding diaryl/α,β-unsaturated/α-hetero) is 1. The maximum Gasteiger partial charge on any atom is 0.163 e. The van der Waals surface area contributed by atoms with Gasteiger partial charge in [0.15, 0.2) is 11.6 Å². The van der Waals surface area contributed by atoms with Crippen molar-refractivity contribution < 1.29 is 9.53 Å². The average Bonchev–Trinajstić information content (AvgIpc) is 2.38. The molecule has 1 saturated carbocycles. The number of carbonyl (C=O) groups is 1. The van der Waals surface area contributed by atoms with Crippen LogP contribution in [0.3, 0.4) is 0 Å². The van der Waals surface area contributed by atoms with Gasteiger partial charge in [-0.3, -0.25) is 4.79 Å². The molecule has 1 fully saturated rings. The summed E-state index contributed by atoms with van der Waals surface area (Å²) in [7, 11) is 0. The van der Waals surface area contributed by atoms with Gasteiger partial charge in [0.1, 0.15) is 5.60 Å². The molecule has 110 valence electrons. The van der Waals surface area contributed by atoms with Gasteiger partial charge in [0.25, 0.3) is 0 Å². The zero-order valence-corrected chi connectivity index (χ0v) is 12.9. The summed E-state index contributed by atoms with van der Waals surface area (Å²) in [6.45, 7) is 8.34. The van der Waals surface area contributed by atoms with Crippen LogP contribution < -0.4 is 0 Å². The van der Waals surface area contributed by atoms with Crippen LogP contribution in [0, 0.1) is 12.8 Å². The molecule has 0 amide bonds. The van der Waals surface area contributed by atoms with Gasteiger partial charge in [0, 0.05) is 12.8 Å². The third-order valence-corrected chi connectivity index (χ3v) is 4.14. The fourth-order valence-electron chi connectivity index (χ4n) is 3.21. The van der Waals surface area contributed by atoms with Crippen LogP contribution in [0.2, 0.25) is 0 Å². The van der Waals surface area contributed by atoms with E-state index in [0.29, 0.717) is 18.1 Å². The van der Waals surface area contributed by atoms with Crippen LogP contribution in [-0.4, -0.2) is 22.4 Å². The van der Waals surface area contributed by atoms with Crippen LogP contribution in [-0.2, 0) is 10.3 Å². The standard InChI is InChI=1S/C16H24N2O2/c1-5-20-16(8-6-7-11(2)9-16)15-17-10-14(13(4)19)12(3)18-15/h10-11H,5-9H2,1-4H3. The van der Waals surface area contributed by atoms with Crippen molar-refractivity contribution in [2.45, 2.75) is 59.0 Å². The number of aryl methyl sites for hydroxylation is 1. The van der Waals surface area contributed by atoms with E-state index in [2.05, 4.69) is 16.9 Å². The number of ketones is 1. The van der Waals surface area contributed by atoms with E-state index in [9.17, 15) is 4.79 Å². The predicted molar refractivity (Wildman–Crippen MR) is 77.7 cm³/mol. The third kappa shape index (κ3) is 2.90. The molecule has 0 bridgehead atoms. The highest BCUT2D eigenvalue weighted by Gasteiger charge is 2.40. The highest BCUT2D eigenvalue weighted by molar-refractivity contribution is 5.94. The second-order valence-electron chi connectivity index (χ2n) is 5.88. The normalized spacial score (nSPS) is 26.5. The van der Waals surface area contributed by atoms with E-state index in [4.69, 9.17) is 4.74 Å². The largest absolute Gasteiger partial charge is 0.367 e.